The molecule has 0 aromatic carbocycles. The molecule has 2 aromatic heterocycles. The van der Waals surface area contributed by atoms with Crippen molar-refractivity contribution in [2.75, 3.05) is 25.0 Å². The first kappa shape index (κ1) is 18.4. The lowest BCUT2D eigenvalue weighted by atomic mass is 9.93. The van der Waals surface area contributed by atoms with Crippen molar-refractivity contribution in [2.24, 2.45) is 5.92 Å². The summed E-state index contributed by atoms with van der Waals surface area (Å²) in [7, 11) is 0. The molecule has 2 aromatic rings. The number of anilines is 1. The third-order valence-electron chi connectivity index (χ3n) is 6.05. The van der Waals surface area contributed by atoms with Crippen molar-refractivity contribution in [3.63, 3.8) is 0 Å². The SMILES string of the molecule is CC1CCCN(C(C)(C)CNc2nc(-c3cccnc3)nc3c2CCC3)C1. The Kier molecular flexibility index (Phi) is 5.13. The van der Waals surface area contributed by atoms with Crippen molar-refractivity contribution in [1.82, 2.24) is 19.9 Å². The van der Waals surface area contributed by atoms with Gasteiger partial charge in [0.15, 0.2) is 5.82 Å². The molecule has 1 N–H and O–H groups in total. The minimum Gasteiger partial charge on any atom is -0.368 e. The number of nitrogens with one attached hydrogen (secondary N) is 1. The maximum Gasteiger partial charge on any atom is 0.163 e. The van der Waals surface area contributed by atoms with Gasteiger partial charge in [-0.1, -0.05) is 6.92 Å². The fourth-order valence-corrected chi connectivity index (χ4v) is 4.35. The number of piperidine rings is 1. The van der Waals surface area contributed by atoms with Crippen LogP contribution in [0.25, 0.3) is 11.4 Å². The predicted octanol–water partition coefficient (Wildman–Crippen LogP) is 3.95. The number of fused-ring (bicyclic) bond motifs is 1. The van der Waals surface area contributed by atoms with Crippen molar-refractivity contribution in [1.29, 1.82) is 0 Å². The lowest BCUT2D eigenvalue weighted by Crippen LogP contribution is -2.52. The molecule has 0 amide bonds. The van der Waals surface area contributed by atoms with E-state index in [0.29, 0.717) is 0 Å². The molecule has 1 atom stereocenters. The number of likely N-dealkylation sites (tertiary alicyclic amines) is 1. The topological polar surface area (TPSA) is 53.9 Å². The Hall–Kier alpha value is -2.01. The highest BCUT2D eigenvalue weighted by Crippen LogP contribution is 2.30. The van der Waals surface area contributed by atoms with Crippen LogP contribution in [-0.4, -0.2) is 45.0 Å². The van der Waals surface area contributed by atoms with Gasteiger partial charge in [-0.25, -0.2) is 9.97 Å². The summed E-state index contributed by atoms with van der Waals surface area (Å²) < 4.78 is 0. The highest BCUT2D eigenvalue weighted by molar-refractivity contribution is 5.60. The maximum absolute atomic E-state index is 4.90. The van der Waals surface area contributed by atoms with Crippen LogP contribution in [0.1, 0.15) is 51.3 Å². The number of nitrogens with zero attached hydrogens (tertiary/aromatic N) is 4. The summed E-state index contributed by atoms with van der Waals surface area (Å²) in [6.45, 7) is 10.4. The van der Waals surface area contributed by atoms with Crippen molar-refractivity contribution in [3.8, 4) is 11.4 Å². The molecule has 1 saturated heterocycles. The second-order valence-corrected chi connectivity index (χ2v) is 8.78. The van der Waals surface area contributed by atoms with E-state index in [0.717, 1.165) is 42.5 Å². The van der Waals surface area contributed by atoms with Gasteiger partial charge in [-0.3, -0.25) is 9.88 Å². The molecule has 3 heterocycles. The molecule has 1 unspecified atom stereocenters. The molecule has 0 spiro atoms. The molecule has 0 radical (unpaired) electrons. The van der Waals surface area contributed by atoms with E-state index < -0.39 is 0 Å². The molecule has 1 aliphatic heterocycles. The summed E-state index contributed by atoms with van der Waals surface area (Å²) in [6, 6.07) is 3.98. The summed E-state index contributed by atoms with van der Waals surface area (Å²) in [6.07, 6.45) is 9.59. The van der Waals surface area contributed by atoms with Crippen LogP contribution in [0.4, 0.5) is 5.82 Å². The Morgan fingerprint density at radius 1 is 1.22 bits per heavy atom. The first-order chi connectivity index (χ1) is 13.0. The van der Waals surface area contributed by atoms with Crippen LogP contribution >= 0.6 is 0 Å². The zero-order valence-corrected chi connectivity index (χ0v) is 16.8. The van der Waals surface area contributed by atoms with Gasteiger partial charge < -0.3 is 5.32 Å². The van der Waals surface area contributed by atoms with Gasteiger partial charge in [0.2, 0.25) is 0 Å². The lowest BCUT2D eigenvalue weighted by molar-refractivity contribution is 0.0800. The van der Waals surface area contributed by atoms with E-state index in [-0.39, 0.29) is 5.54 Å². The summed E-state index contributed by atoms with van der Waals surface area (Å²) in [5.74, 6) is 2.60. The summed E-state index contributed by atoms with van der Waals surface area (Å²) >= 11 is 0. The van der Waals surface area contributed by atoms with Gasteiger partial charge in [-0.15, -0.1) is 0 Å². The molecule has 0 saturated carbocycles. The molecular formula is C22H31N5. The van der Waals surface area contributed by atoms with Gasteiger partial charge in [-0.2, -0.15) is 0 Å². The van der Waals surface area contributed by atoms with Crippen LogP contribution in [0.2, 0.25) is 0 Å². The second kappa shape index (κ2) is 7.55. The fraction of sp³-hybridized carbons (Fsp3) is 0.591. The van der Waals surface area contributed by atoms with Gasteiger partial charge in [0.1, 0.15) is 5.82 Å². The Morgan fingerprint density at radius 3 is 2.89 bits per heavy atom. The number of aryl methyl sites for hydroxylation is 1. The van der Waals surface area contributed by atoms with Gasteiger partial charge in [0.25, 0.3) is 0 Å². The van der Waals surface area contributed by atoms with Crippen molar-refractivity contribution >= 4 is 5.82 Å². The Labute approximate surface area is 162 Å². The number of rotatable bonds is 5. The van der Waals surface area contributed by atoms with E-state index in [4.69, 9.17) is 9.97 Å². The zero-order valence-electron chi connectivity index (χ0n) is 16.8. The first-order valence-corrected chi connectivity index (χ1v) is 10.3. The maximum atomic E-state index is 4.90. The predicted molar refractivity (Wildman–Crippen MR) is 110 cm³/mol. The minimum atomic E-state index is 0.111. The Balaban J connectivity index is 1.55. The molecule has 0 bridgehead atoms. The number of hydrogen-bond acceptors (Lipinski definition) is 5. The van der Waals surface area contributed by atoms with Crippen molar-refractivity contribution in [2.45, 2.75) is 58.4 Å². The lowest BCUT2D eigenvalue weighted by Gasteiger charge is -2.43. The standard InChI is InChI=1S/C22H31N5/c1-16-7-6-12-27(14-16)22(2,3)15-24-21-18-9-4-10-19(18)25-20(26-21)17-8-5-11-23-13-17/h5,8,11,13,16H,4,6-7,9-10,12,14-15H2,1-3H3,(H,24,25,26). The monoisotopic (exact) mass is 365 g/mol. The fourth-order valence-electron chi connectivity index (χ4n) is 4.35. The van der Waals surface area contributed by atoms with Gasteiger partial charge in [0.05, 0.1) is 0 Å². The second-order valence-electron chi connectivity index (χ2n) is 8.78. The third kappa shape index (κ3) is 3.98. The van der Waals surface area contributed by atoms with Gasteiger partial charge in [-0.05, 0) is 70.5 Å². The van der Waals surface area contributed by atoms with Crippen LogP contribution in [0, 0.1) is 5.92 Å². The van der Waals surface area contributed by atoms with Gasteiger partial charge in [0, 0.05) is 47.8 Å². The highest BCUT2D eigenvalue weighted by Gasteiger charge is 2.30. The molecular weight excluding hydrogens is 334 g/mol. The average molecular weight is 366 g/mol. The molecule has 1 fully saturated rings. The molecule has 4 rings (SSSR count). The van der Waals surface area contributed by atoms with Crippen LogP contribution in [0.3, 0.4) is 0 Å². The van der Waals surface area contributed by atoms with E-state index in [1.807, 2.05) is 18.3 Å². The largest absolute Gasteiger partial charge is 0.368 e. The molecule has 1 aliphatic carbocycles. The summed E-state index contributed by atoms with van der Waals surface area (Å²) in [5.41, 5.74) is 3.61. The van der Waals surface area contributed by atoms with Crippen molar-refractivity contribution in [3.05, 3.63) is 35.8 Å². The average Bonchev–Trinajstić information content (AvgIpc) is 3.15. The Bertz CT molecular complexity index is 787. The smallest absolute Gasteiger partial charge is 0.163 e. The van der Waals surface area contributed by atoms with Crippen LogP contribution in [-0.2, 0) is 12.8 Å². The highest BCUT2D eigenvalue weighted by atomic mass is 15.2. The normalized spacial score (nSPS) is 20.5. The number of aromatic nitrogens is 3. The van der Waals surface area contributed by atoms with Crippen LogP contribution in [0.15, 0.2) is 24.5 Å². The molecule has 5 heteroatoms. The number of pyridine rings is 1. The zero-order chi connectivity index (χ0) is 18.9. The molecule has 5 nitrogen and oxygen atoms in total. The molecule has 144 valence electrons. The van der Waals surface area contributed by atoms with Crippen LogP contribution in [0.5, 0.6) is 0 Å². The quantitative estimate of drug-likeness (QED) is 0.869. The Morgan fingerprint density at radius 2 is 2.11 bits per heavy atom. The van der Waals surface area contributed by atoms with E-state index in [2.05, 4.69) is 36.0 Å². The molecule has 2 aliphatic rings. The molecule has 27 heavy (non-hydrogen) atoms. The van der Waals surface area contributed by atoms with Crippen LogP contribution < -0.4 is 5.32 Å². The number of hydrogen-bond donors (Lipinski definition) is 1. The van der Waals surface area contributed by atoms with E-state index >= 15 is 0 Å². The minimum absolute atomic E-state index is 0.111. The van der Waals surface area contributed by atoms with Crippen molar-refractivity contribution < 1.29 is 0 Å². The summed E-state index contributed by atoms with van der Waals surface area (Å²) in [4.78, 5) is 16.6. The van der Waals surface area contributed by atoms with E-state index in [1.165, 1.54) is 43.6 Å². The van der Waals surface area contributed by atoms with E-state index in [1.54, 1.807) is 6.20 Å². The summed E-state index contributed by atoms with van der Waals surface area (Å²) in [5, 5.41) is 3.69. The van der Waals surface area contributed by atoms with E-state index in [9.17, 15) is 0 Å². The third-order valence-corrected chi connectivity index (χ3v) is 6.05. The van der Waals surface area contributed by atoms with Gasteiger partial charge >= 0.3 is 0 Å². The first-order valence-electron chi connectivity index (χ1n) is 10.3.